The van der Waals surface area contributed by atoms with E-state index in [1.54, 1.807) is 48.5 Å². The zero-order valence-electron chi connectivity index (χ0n) is 14.9. The highest BCUT2D eigenvalue weighted by molar-refractivity contribution is 6.30. The number of methoxy groups -OCH3 is 1. The topological polar surface area (TPSA) is 106 Å². The zero-order valence-corrected chi connectivity index (χ0v) is 15.7. The summed E-state index contributed by atoms with van der Waals surface area (Å²) in [5.41, 5.74) is 1.05. The third-order valence-electron chi connectivity index (χ3n) is 3.75. The second-order valence-electron chi connectivity index (χ2n) is 5.65. The first-order chi connectivity index (χ1) is 13.6. The van der Waals surface area contributed by atoms with Crippen LogP contribution in [0.15, 0.2) is 53.1 Å². The average Bonchev–Trinajstić information content (AvgIpc) is 3.21. The van der Waals surface area contributed by atoms with E-state index in [2.05, 4.69) is 20.8 Å². The standard InChI is InChI=1S/C19H17ClN4O4/c1-27-15-8-3-2-7-14(15)17(25)21-9-10-22-18(26)19-23-16(24-28-19)12-5-4-6-13(20)11-12/h2-8,11H,9-10H2,1H3,(H,21,25)(H,22,26). The Hall–Kier alpha value is -3.39. The molecule has 0 atom stereocenters. The minimum Gasteiger partial charge on any atom is -0.496 e. The quantitative estimate of drug-likeness (QED) is 0.590. The molecule has 3 rings (SSSR count). The van der Waals surface area contributed by atoms with Crippen molar-refractivity contribution in [2.45, 2.75) is 0 Å². The van der Waals surface area contributed by atoms with Gasteiger partial charge in [-0.3, -0.25) is 9.59 Å². The van der Waals surface area contributed by atoms with E-state index >= 15 is 0 Å². The second-order valence-corrected chi connectivity index (χ2v) is 6.08. The fraction of sp³-hybridized carbons (Fsp3) is 0.158. The molecule has 144 valence electrons. The van der Waals surface area contributed by atoms with Gasteiger partial charge in [0.2, 0.25) is 5.82 Å². The Labute approximate surface area is 165 Å². The van der Waals surface area contributed by atoms with Crippen LogP contribution in [0.5, 0.6) is 5.75 Å². The molecular weight excluding hydrogens is 384 g/mol. The second kappa shape index (κ2) is 9.01. The number of amides is 2. The first-order valence-corrected chi connectivity index (χ1v) is 8.75. The van der Waals surface area contributed by atoms with Gasteiger partial charge in [-0.15, -0.1) is 0 Å². The number of hydrogen-bond acceptors (Lipinski definition) is 6. The van der Waals surface area contributed by atoms with Crippen molar-refractivity contribution in [2.75, 3.05) is 20.2 Å². The SMILES string of the molecule is COc1ccccc1C(=O)NCCNC(=O)c1nc(-c2cccc(Cl)c2)no1. The van der Waals surface area contributed by atoms with Crippen LogP contribution in [0.2, 0.25) is 5.02 Å². The maximum atomic E-state index is 12.2. The number of halogens is 1. The summed E-state index contributed by atoms with van der Waals surface area (Å²) in [6.45, 7) is 0.409. The minimum atomic E-state index is -0.535. The number of nitrogens with zero attached hydrogens (tertiary/aromatic N) is 2. The maximum Gasteiger partial charge on any atom is 0.316 e. The third-order valence-corrected chi connectivity index (χ3v) is 3.99. The van der Waals surface area contributed by atoms with Crippen LogP contribution < -0.4 is 15.4 Å². The van der Waals surface area contributed by atoms with E-state index < -0.39 is 5.91 Å². The summed E-state index contributed by atoms with van der Waals surface area (Å²) in [5, 5.41) is 9.61. The summed E-state index contributed by atoms with van der Waals surface area (Å²) in [7, 11) is 1.49. The highest BCUT2D eigenvalue weighted by atomic mass is 35.5. The molecule has 0 fully saturated rings. The van der Waals surface area contributed by atoms with Crippen molar-refractivity contribution in [3.63, 3.8) is 0 Å². The number of hydrogen-bond donors (Lipinski definition) is 2. The van der Waals surface area contributed by atoms with Crippen LogP contribution in [0.1, 0.15) is 21.0 Å². The lowest BCUT2D eigenvalue weighted by molar-refractivity contribution is 0.0897. The molecule has 0 unspecified atom stereocenters. The number of para-hydroxylation sites is 1. The molecule has 0 saturated carbocycles. The highest BCUT2D eigenvalue weighted by Crippen LogP contribution is 2.20. The Morgan fingerprint density at radius 1 is 1.07 bits per heavy atom. The number of aromatic nitrogens is 2. The van der Waals surface area contributed by atoms with E-state index in [0.717, 1.165) is 0 Å². The summed E-state index contributed by atoms with van der Waals surface area (Å²) >= 11 is 5.93. The maximum absolute atomic E-state index is 12.2. The van der Waals surface area contributed by atoms with Crippen molar-refractivity contribution >= 4 is 23.4 Å². The Morgan fingerprint density at radius 3 is 2.57 bits per heavy atom. The smallest absolute Gasteiger partial charge is 0.316 e. The Bertz CT molecular complexity index is 989. The van der Waals surface area contributed by atoms with Crippen molar-refractivity contribution < 1.29 is 18.8 Å². The van der Waals surface area contributed by atoms with Crippen molar-refractivity contribution in [3.05, 3.63) is 65.0 Å². The molecule has 9 heteroatoms. The predicted molar refractivity (Wildman–Crippen MR) is 102 cm³/mol. The van der Waals surface area contributed by atoms with Gasteiger partial charge in [-0.25, -0.2) is 0 Å². The molecule has 0 aliphatic carbocycles. The molecule has 0 aliphatic heterocycles. The molecular formula is C19H17ClN4O4. The van der Waals surface area contributed by atoms with E-state index in [1.165, 1.54) is 7.11 Å². The normalized spacial score (nSPS) is 10.4. The molecule has 28 heavy (non-hydrogen) atoms. The van der Waals surface area contributed by atoms with Gasteiger partial charge < -0.3 is 19.9 Å². The van der Waals surface area contributed by atoms with E-state index in [9.17, 15) is 9.59 Å². The van der Waals surface area contributed by atoms with Crippen LogP contribution in [0, 0.1) is 0 Å². The third kappa shape index (κ3) is 4.66. The fourth-order valence-electron chi connectivity index (χ4n) is 2.42. The number of rotatable bonds is 7. The Balaban J connectivity index is 1.50. The number of carbonyl (C=O) groups is 2. The largest absolute Gasteiger partial charge is 0.496 e. The van der Waals surface area contributed by atoms with Crippen molar-refractivity contribution in [2.24, 2.45) is 0 Å². The molecule has 8 nitrogen and oxygen atoms in total. The Kier molecular flexibility index (Phi) is 6.23. The number of nitrogens with one attached hydrogen (secondary N) is 2. The van der Waals surface area contributed by atoms with Gasteiger partial charge in [0.25, 0.3) is 5.91 Å². The predicted octanol–water partition coefficient (Wildman–Crippen LogP) is 2.56. The molecule has 2 aromatic carbocycles. The molecule has 1 heterocycles. The fourth-order valence-corrected chi connectivity index (χ4v) is 2.61. The molecule has 0 saturated heterocycles. The van der Waals surface area contributed by atoms with Gasteiger partial charge in [0, 0.05) is 23.7 Å². The van der Waals surface area contributed by atoms with Crippen molar-refractivity contribution in [1.29, 1.82) is 0 Å². The first kappa shape index (κ1) is 19.4. The zero-order chi connectivity index (χ0) is 19.9. The number of ether oxygens (including phenoxy) is 1. The summed E-state index contributed by atoms with van der Waals surface area (Å²) in [4.78, 5) is 28.3. The molecule has 1 aromatic heterocycles. The average molecular weight is 401 g/mol. The monoisotopic (exact) mass is 400 g/mol. The lowest BCUT2D eigenvalue weighted by atomic mass is 10.2. The molecule has 0 aliphatic rings. The Morgan fingerprint density at radius 2 is 1.82 bits per heavy atom. The van der Waals surface area contributed by atoms with E-state index in [0.29, 0.717) is 21.9 Å². The molecule has 3 aromatic rings. The minimum absolute atomic E-state index is 0.175. The van der Waals surface area contributed by atoms with Crippen LogP contribution in [0.4, 0.5) is 0 Å². The van der Waals surface area contributed by atoms with Gasteiger partial charge in [-0.1, -0.05) is 41.0 Å². The lowest BCUT2D eigenvalue weighted by Gasteiger charge is -2.09. The van der Waals surface area contributed by atoms with Crippen LogP contribution in [-0.2, 0) is 0 Å². The van der Waals surface area contributed by atoms with E-state index in [-0.39, 0.29) is 30.7 Å². The van der Waals surface area contributed by atoms with Gasteiger partial charge >= 0.3 is 11.8 Å². The number of carbonyl (C=O) groups excluding carboxylic acids is 2. The van der Waals surface area contributed by atoms with Gasteiger partial charge in [0.05, 0.1) is 12.7 Å². The van der Waals surface area contributed by atoms with Gasteiger partial charge in [0.15, 0.2) is 0 Å². The lowest BCUT2D eigenvalue weighted by Crippen LogP contribution is -2.34. The number of benzene rings is 2. The summed E-state index contributed by atoms with van der Waals surface area (Å²) in [6, 6.07) is 13.8. The highest BCUT2D eigenvalue weighted by Gasteiger charge is 2.16. The summed E-state index contributed by atoms with van der Waals surface area (Å²) in [6.07, 6.45) is 0. The van der Waals surface area contributed by atoms with Gasteiger partial charge in [-0.2, -0.15) is 4.98 Å². The summed E-state index contributed by atoms with van der Waals surface area (Å²) in [5.74, 6) is -0.272. The van der Waals surface area contributed by atoms with Crippen LogP contribution in [-0.4, -0.2) is 42.2 Å². The van der Waals surface area contributed by atoms with Crippen molar-refractivity contribution in [3.8, 4) is 17.1 Å². The van der Waals surface area contributed by atoms with Crippen LogP contribution >= 0.6 is 11.6 Å². The van der Waals surface area contributed by atoms with Crippen LogP contribution in [0.3, 0.4) is 0 Å². The van der Waals surface area contributed by atoms with Crippen LogP contribution in [0.25, 0.3) is 11.4 Å². The molecule has 2 N–H and O–H groups in total. The van der Waals surface area contributed by atoms with E-state index in [1.807, 2.05) is 0 Å². The first-order valence-electron chi connectivity index (χ1n) is 8.37. The molecule has 0 bridgehead atoms. The van der Waals surface area contributed by atoms with Gasteiger partial charge in [0.1, 0.15) is 5.75 Å². The van der Waals surface area contributed by atoms with Gasteiger partial charge in [-0.05, 0) is 24.3 Å². The van der Waals surface area contributed by atoms with Crippen molar-refractivity contribution in [1.82, 2.24) is 20.8 Å². The van der Waals surface area contributed by atoms with E-state index in [4.69, 9.17) is 20.9 Å². The molecule has 0 radical (unpaired) electrons. The molecule has 2 amide bonds. The molecule has 0 spiro atoms. The summed E-state index contributed by atoms with van der Waals surface area (Å²) < 4.78 is 10.1.